The summed E-state index contributed by atoms with van der Waals surface area (Å²) >= 11 is 0. The van der Waals surface area contributed by atoms with E-state index in [0.29, 0.717) is 6.54 Å². The number of hydrogen-bond donors (Lipinski definition) is 2. The topological polar surface area (TPSA) is 50.4 Å². The Labute approximate surface area is 69.3 Å². The zero-order valence-electron chi connectivity index (χ0n) is 6.72. The number of ether oxygens (including phenoxy) is 1. The van der Waals surface area contributed by atoms with E-state index in [-0.39, 0.29) is 15.1 Å². The minimum absolute atomic E-state index is 0. The van der Waals surface area contributed by atoms with Crippen molar-refractivity contribution in [2.24, 2.45) is 0 Å². The van der Waals surface area contributed by atoms with Gasteiger partial charge in [-0.1, -0.05) is 0 Å². The molecule has 0 bridgehead atoms. The third kappa shape index (κ3) is 2.76. The molecule has 0 aromatic heterocycles. The van der Waals surface area contributed by atoms with Gasteiger partial charge in [-0.3, -0.25) is 0 Å². The smallest absolute Gasteiger partial charge is 0.316 e. The Morgan fingerprint density at radius 2 is 2.64 bits per heavy atom. The fourth-order valence-electron chi connectivity index (χ4n) is 1.05. The van der Waals surface area contributed by atoms with E-state index in [1.54, 1.807) is 0 Å². The molecule has 0 radical (unpaired) electrons. The Bertz CT molecular complexity index is 140. The molecule has 0 aromatic rings. The average molecular weight is 162 g/mol. The van der Waals surface area contributed by atoms with E-state index in [9.17, 15) is 4.79 Å². The molecular formula is C7H18N2O2. The van der Waals surface area contributed by atoms with E-state index < -0.39 is 0 Å². The van der Waals surface area contributed by atoms with Crippen molar-refractivity contribution in [3.05, 3.63) is 0 Å². The molecule has 2 N–H and O–H groups in total. The van der Waals surface area contributed by atoms with E-state index in [4.69, 9.17) is 4.74 Å². The lowest BCUT2D eigenvalue weighted by molar-refractivity contribution is 0.0908. The van der Waals surface area contributed by atoms with Crippen LogP contribution in [0.15, 0.2) is 0 Å². The Hall–Kier alpha value is -0.770. The summed E-state index contributed by atoms with van der Waals surface area (Å²) in [7, 11) is 0. The molecule has 0 saturated carbocycles. The summed E-state index contributed by atoms with van der Waals surface area (Å²) in [5, 5.41) is 5.35. The first-order valence-corrected chi connectivity index (χ1v) is 3.99. The Kier molecular flexibility index (Phi) is 3.16. The van der Waals surface area contributed by atoms with Crippen LogP contribution in [0.2, 0.25) is 0 Å². The van der Waals surface area contributed by atoms with Crippen LogP contribution in [-0.4, -0.2) is 25.4 Å². The summed E-state index contributed by atoms with van der Waals surface area (Å²) < 4.78 is 5.20. The summed E-state index contributed by atoms with van der Waals surface area (Å²) in [6, 6.07) is -0.139. The van der Waals surface area contributed by atoms with E-state index in [1.807, 2.05) is 6.92 Å². The fraction of sp³-hybridized carbons (Fsp3) is 0.857. The van der Waals surface area contributed by atoms with Crippen LogP contribution >= 0.6 is 0 Å². The summed E-state index contributed by atoms with van der Waals surface area (Å²) in [5.41, 5.74) is 0. The quantitative estimate of drug-likeness (QED) is 0.634. The standard InChI is InChI=1S/C7H14N2O2.2H2/c1-2-8-7(10)9-6-4-3-5-11-6;;/h6H,2-5H2,1H3,(H2,8,9,10);2*1H. The maximum absolute atomic E-state index is 10.9. The lowest BCUT2D eigenvalue weighted by Gasteiger charge is -2.11. The van der Waals surface area contributed by atoms with Crippen LogP contribution in [0.3, 0.4) is 0 Å². The Morgan fingerprint density at radius 1 is 1.82 bits per heavy atom. The highest BCUT2D eigenvalue weighted by Crippen LogP contribution is 2.08. The monoisotopic (exact) mass is 162 g/mol. The molecule has 1 atom stereocenters. The minimum Gasteiger partial charge on any atom is -0.358 e. The van der Waals surface area contributed by atoms with Crippen LogP contribution in [0, 0.1) is 0 Å². The first-order chi connectivity index (χ1) is 5.33. The van der Waals surface area contributed by atoms with Crippen LogP contribution in [0.4, 0.5) is 4.79 Å². The number of carbonyl (C=O) groups is 1. The maximum atomic E-state index is 10.9. The largest absolute Gasteiger partial charge is 0.358 e. The van der Waals surface area contributed by atoms with Crippen molar-refractivity contribution in [1.29, 1.82) is 0 Å². The predicted molar refractivity (Wildman–Crippen MR) is 45.4 cm³/mol. The molecule has 0 spiro atoms. The summed E-state index contributed by atoms with van der Waals surface area (Å²) in [6.45, 7) is 3.30. The zero-order valence-corrected chi connectivity index (χ0v) is 6.72. The Balaban J connectivity index is 0. The molecule has 1 unspecified atom stereocenters. The van der Waals surface area contributed by atoms with Gasteiger partial charge in [0.1, 0.15) is 6.23 Å². The lowest BCUT2D eigenvalue weighted by Crippen LogP contribution is -2.41. The molecule has 4 nitrogen and oxygen atoms in total. The molecule has 1 aliphatic heterocycles. The Morgan fingerprint density at radius 3 is 3.18 bits per heavy atom. The fourth-order valence-corrected chi connectivity index (χ4v) is 1.05. The minimum atomic E-state index is -0.139. The molecule has 68 valence electrons. The number of amides is 2. The van der Waals surface area contributed by atoms with Crippen LogP contribution < -0.4 is 10.6 Å². The van der Waals surface area contributed by atoms with Crippen molar-refractivity contribution in [2.45, 2.75) is 26.0 Å². The van der Waals surface area contributed by atoms with E-state index in [1.165, 1.54) is 0 Å². The third-order valence-electron chi connectivity index (χ3n) is 1.56. The van der Waals surface area contributed by atoms with E-state index >= 15 is 0 Å². The highest BCUT2D eigenvalue weighted by Gasteiger charge is 2.16. The van der Waals surface area contributed by atoms with Crippen LogP contribution in [-0.2, 0) is 4.74 Å². The van der Waals surface area contributed by atoms with Gasteiger partial charge in [-0.2, -0.15) is 0 Å². The second-order valence-corrected chi connectivity index (χ2v) is 2.51. The van der Waals surface area contributed by atoms with E-state index in [0.717, 1.165) is 19.4 Å². The van der Waals surface area contributed by atoms with Crippen molar-refractivity contribution < 1.29 is 12.4 Å². The van der Waals surface area contributed by atoms with Gasteiger partial charge in [-0.05, 0) is 19.8 Å². The molecule has 2 amide bonds. The summed E-state index contributed by atoms with van der Waals surface area (Å²) in [5.74, 6) is 0. The van der Waals surface area contributed by atoms with Gasteiger partial charge in [0, 0.05) is 16.0 Å². The van der Waals surface area contributed by atoms with E-state index in [2.05, 4.69) is 10.6 Å². The normalized spacial score (nSPS) is 23.2. The SMILES string of the molecule is CCNC(=O)NC1CCCO1.[HH].[HH]. The van der Waals surface area contributed by atoms with Gasteiger partial charge in [-0.25, -0.2) is 4.79 Å². The second kappa shape index (κ2) is 4.18. The van der Waals surface area contributed by atoms with Crippen LogP contribution in [0.5, 0.6) is 0 Å². The molecule has 1 fully saturated rings. The van der Waals surface area contributed by atoms with Gasteiger partial charge >= 0.3 is 6.03 Å². The molecule has 1 aliphatic rings. The summed E-state index contributed by atoms with van der Waals surface area (Å²) in [6.07, 6.45) is 1.90. The first kappa shape index (κ1) is 8.33. The second-order valence-electron chi connectivity index (χ2n) is 2.51. The van der Waals surface area contributed by atoms with Gasteiger partial charge in [0.15, 0.2) is 0 Å². The van der Waals surface area contributed by atoms with Gasteiger partial charge in [0.25, 0.3) is 0 Å². The number of hydrogen-bond acceptors (Lipinski definition) is 2. The number of carbonyl (C=O) groups excluding carboxylic acids is 1. The third-order valence-corrected chi connectivity index (χ3v) is 1.56. The summed E-state index contributed by atoms with van der Waals surface area (Å²) in [4.78, 5) is 10.9. The molecule has 11 heavy (non-hydrogen) atoms. The maximum Gasteiger partial charge on any atom is 0.316 e. The van der Waals surface area contributed by atoms with Crippen LogP contribution in [0.1, 0.15) is 22.6 Å². The molecule has 0 aromatic carbocycles. The van der Waals surface area contributed by atoms with Gasteiger partial charge in [0.2, 0.25) is 0 Å². The van der Waals surface area contributed by atoms with Gasteiger partial charge in [-0.15, -0.1) is 0 Å². The zero-order chi connectivity index (χ0) is 8.10. The van der Waals surface area contributed by atoms with Crippen molar-refractivity contribution in [3.63, 3.8) is 0 Å². The van der Waals surface area contributed by atoms with Crippen LogP contribution in [0.25, 0.3) is 0 Å². The highest BCUT2D eigenvalue weighted by atomic mass is 16.5. The van der Waals surface area contributed by atoms with Crippen molar-refractivity contribution >= 4 is 6.03 Å². The molecule has 0 aliphatic carbocycles. The average Bonchev–Trinajstić information content (AvgIpc) is 2.40. The number of nitrogens with one attached hydrogen (secondary N) is 2. The first-order valence-electron chi connectivity index (χ1n) is 3.99. The molecular weight excluding hydrogens is 144 g/mol. The number of urea groups is 1. The van der Waals surface area contributed by atoms with Crippen molar-refractivity contribution in [2.75, 3.05) is 13.2 Å². The van der Waals surface area contributed by atoms with Crippen molar-refractivity contribution in [3.8, 4) is 0 Å². The lowest BCUT2D eigenvalue weighted by atomic mass is 10.3. The van der Waals surface area contributed by atoms with Crippen molar-refractivity contribution in [1.82, 2.24) is 10.6 Å². The molecule has 1 rings (SSSR count). The highest BCUT2D eigenvalue weighted by molar-refractivity contribution is 5.73. The van der Waals surface area contributed by atoms with Gasteiger partial charge < -0.3 is 15.4 Å². The molecule has 1 saturated heterocycles. The number of rotatable bonds is 2. The molecule has 1 heterocycles. The predicted octanol–water partition coefficient (Wildman–Crippen LogP) is 0.934. The molecule has 4 heteroatoms. The van der Waals surface area contributed by atoms with Gasteiger partial charge in [0.05, 0.1) is 0 Å².